The summed E-state index contributed by atoms with van der Waals surface area (Å²) in [6, 6.07) is 0.109. The Bertz CT molecular complexity index is 419. The van der Waals surface area contributed by atoms with Crippen molar-refractivity contribution in [1.82, 2.24) is 14.5 Å². The number of aliphatic hydroxyl groups is 1. The maximum Gasteiger partial charge on any atom is 0.215 e. The van der Waals surface area contributed by atoms with Gasteiger partial charge in [0.05, 0.1) is 11.4 Å². The van der Waals surface area contributed by atoms with Gasteiger partial charge in [0.1, 0.15) is 0 Å². The maximum atomic E-state index is 12.5. The number of rotatable bonds is 5. The van der Waals surface area contributed by atoms with Crippen LogP contribution < -0.4 is 5.32 Å². The van der Waals surface area contributed by atoms with Crippen molar-refractivity contribution in [3.63, 3.8) is 0 Å². The number of nitrogens with one attached hydrogen (secondary N) is 1. The van der Waals surface area contributed by atoms with Crippen LogP contribution in [0.15, 0.2) is 0 Å². The van der Waals surface area contributed by atoms with E-state index in [2.05, 4.69) is 10.2 Å². The lowest BCUT2D eigenvalue weighted by Gasteiger charge is -2.37. The Morgan fingerprint density at radius 2 is 1.86 bits per heavy atom. The summed E-state index contributed by atoms with van der Waals surface area (Å²) in [4.78, 5) is 2.13. The third-order valence-electron chi connectivity index (χ3n) is 4.16. The molecule has 1 unspecified atom stereocenters. The fourth-order valence-corrected chi connectivity index (χ4v) is 4.86. The van der Waals surface area contributed by atoms with Gasteiger partial charge in [0.15, 0.2) is 0 Å². The molecule has 2 rings (SSSR count). The average Bonchev–Trinajstić information content (AvgIpc) is 2.38. The first kappa shape index (κ1) is 17.1. The van der Waals surface area contributed by atoms with Gasteiger partial charge in [-0.3, -0.25) is 4.90 Å². The summed E-state index contributed by atoms with van der Waals surface area (Å²) in [5, 5.41) is 13.1. The van der Waals surface area contributed by atoms with Crippen LogP contribution in [-0.2, 0) is 10.0 Å². The van der Waals surface area contributed by atoms with Crippen LogP contribution in [0.3, 0.4) is 0 Å². The van der Waals surface area contributed by atoms with E-state index in [1.807, 2.05) is 0 Å². The van der Waals surface area contributed by atoms with E-state index in [1.54, 1.807) is 18.2 Å². The van der Waals surface area contributed by atoms with Crippen LogP contribution in [0.4, 0.5) is 0 Å². The molecular weight excluding hydrogens is 290 g/mol. The van der Waals surface area contributed by atoms with Crippen molar-refractivity contribution in [2.45, 2.75) is 44.8 Å². The number of piperazine rings is 1. The molecule has 0 aromatic carbocycles. The first-order valence-electron chi connectivity index (χ1n) is 7.92. The van der Waals surface area contributed by atoms with Crippen molar-refractivity contribution in [2.75, 3.05) is 45.0 Å². The van der Waals surface area contributed by atoms with E-state index in [4.69, 9.17) is 0 Å². The molecule has 2 heterocycles. The van der Waals surface area contributed by atoms with Gasteiger partial charge in [-0.05, 0) is 33.2 Å². The number of hydrogen-bond donors (Lipinski definition) is 2. The molecule has 2 aliphatic rings. The second-order valence-corrected chi connectivity index (χ2v) is 8.93. The predicted octanol–water partition coefficient (Wildman–Crippen LogP) is -0.153. The molecule has 0 aromatic heterocycles. The SMILES string of the molecule is CC(C)(O)CN1CCN(S(=O)(=O)CC2CCCCN2)CC1. The normalized spacial score (nSPS) is 26.9. The standard InChI is InChI=1S/C14H29N3O3S/c1-14(2,18)12-16-7-9-17(10-8-16)21(19,20)11-13-5-3-4-6-15-13/h13,15,18H,3-12H2,1-2H3. The van der Waals surface area contributed by atoms with E-state index >= 15 is 0 Å². The third-order valence-corrected chi connectivity index (χ3v) is 6.13. The molecule has 0 saturated carbocycles. The number of nitrogens with zero attached hydrogens (tertiary/aromatic N) is 2. The lowest BCUT2D eigenvalue weighted by atomic mass is 10.1. The quantitative estimate of drug-likeness (QED) is 0.737. The molecule has 2 fully saturated rings. The lowest BCUT2D eigenvalue weighted by molar-refractivity contribution is 0.0263. The van der Waals surface area contributed by atoms with E-state index in [0.717, 1.165) is 25.8 Å². The largest absolute Gasteiger partial charge is 0.389 e. The second-order valence-electron chi connectivity index (χ2n) is 6.91. The Kier molecular flexibility index (Phi) is 5.65. The minimum atomic E-state index is -3.17. The van der Waals surface area contributed by atoms with E-state index in [1.165, 1.54) is 0 Å². The van der Waals surface area contributed by atoms with Crippen LogP contribution in [0, 0.1) is 0 Å². The Hall–Kier alpha value is -0.210. The molecule has 7 heteroatoms. The highest BCUT2D eigenvalue weighted by molar-refractivity contribution is 7.89. The summed E-state index contributed by atoms with van der Waals surface area (Å²) in [5.41, 5.74) is -0.729. The van der Waals surface area contributed by atoms with Gasteiger partial charge in [-0.2, -0.15) is 4.31 Å². The lowest BCUT2D eigenvalue weighted by Crippen LogP contribution is -2.53. The highest BCUT2D eigenvalue weighted by Gasteiger charge is 2.31. The van der Waals surface area contributed by atoms with Gasteiger partial charge in [-0.15, -0.1) is 0 Å². The minimum absolute atomic E-state index is 0.109. The molecule has 0 aromatic rings. The molecule has 6 nitrogen and oxygen atoms in total. The highest BCUT2D eigenvalue weighted by atomic mass is 32.2. The van der Waals surface area contributed by atoms with Crippen molar-refractivity contribution >= 4 is 10.0 Å². The van der Waals surface area contributed by atoms with Crippen molar-refractivity contribution < 1.29 is 13.5 Å². The van der Waals surface area contributed by atoms with Crippen molar-refractivity contribution in [1.29, 1.82) is 0 Å². The summed E-state index contributed by atoms with van der Waals surface area (Å²) < 4.78 is 26.5. The van der Waals surface area contributed by atoms with Gasteiger partial charge in [-0.1, -0.05) is 6.42 Å². The van der Waals surface area contributed by atoms with Crippen molar-refractivity contribution in [3.8, 4) is 0 Å². The summed E-state index contributed by atoms with van der Waals surface area (Å²) in [6.07, 6.45) is 3.22. The zero-order valence-electron chi connectivity index (χ0n) is 13.2. The van der Waals surface area contributed by atoms with Gasteiger partial charge in [0.2, 0.25) is 10.0 Å². The van der Waals surface area contributed by atoms with Gasteiger partial charge in [0.25, 0.3) is 0 Å². The molecular formula is C14H29N3O3S. The Balaban J connectivity index is 1.82. The molecule has 0 spiro atoms. The zero-order chi connectivity index (χ0) is 15.5. The van der Waals surface area contributed by atoms with Crippen molar-refractivity contribution in [2.24, 2.45) is 0 Å². The van der Waals surface area contributed by atoms with Crippen LogP contribution in [0.2, 0.25) is 0 Å². The minimum Gasteiger partial charge on any atom is -0.389 e. The van der Waals surface area contributed by atoms with E-state index < -0.39 is 15.6 Å². The average molecular weight is 319 g/mol. The highest BCUT2D eigenvalue weighted by Crippen LogP contribution is 2.15. The van der Waals surface area contributed by atoms with E-state index in [-0.39, 0.29) is 11.8 Å². The van der Waals surface area contributed by atoms with Crippen LogP contribution in [-0.4, -0.2) is 79.4 Å². The number of piperidine rings is 1. The summed E-state index contributed by atoms with van der Waals surface area (Å²) in [7, 11) is -3.17. The first-order chi connectivity index (χ1) is 9.76. The monoisotopic (exact) mass is 319 g/mol. The molecule has 2 N–H and O–H groups in total. The summed E-state index contributed by atoms with van der Waals surface area (Å²) >= 11 is 0. The van der Waals surface area contributed by atoms with Crippen LogP contribution in [0.25, 0.3) is 0 Å². The van der Waals surface area contributed by atoms with Crippen molar-refractivity contribution in [3.05, 3.63) is 0 Å². The van der Waals surface area contributed by atoms with E-state index in [0.29, 0.717) is 32.7 Å². The molecule has 1 atom stereocenters. The van der Waals surface area contributed by atoms with E-state index in [9.17, 15) is 13.5 Å². The third kappa shape index (κ3) is 5.49. The van der Waals surface area contributed by atoms with Crippen LogP contribution >= 0.6 is 0 Å². The smallest absolute Gasteiger partial charge is 0.215 e. The summed E-state index contributed by atoms with van der Waals surface area (Å²) in [5.74, 6) is 0.221. The van der Waals surface area contributed by atoms with Gasteiger partial charge in [0, 0.05) is 38.8 Å². The molecule has 2 aliphatic heterocycles. The Morgan fingerprint density at radius 1 is 1.19 bits per heavy atom. The summed E-state index contributed by atoms with van der Waals surface area (Å²) in [6.45, 7) is 7.54. The van der Waals surface area contributed by atoms with Gasteiger partial charge < -0.3 is 10.4 Å². The predicted molar refractivity (Wildman–Crippen MR) is 83.7 cm³/mol. The Labute approximate surface area is 128 Å². The number of hydrogen-bond acceptors (Lipinski definition) is 5. The molecule has 21 heavy (non-hydrogen) atoms. The zero-order valence-corrected chi connectivity index (χ0v) is 14.0. The molecule has 2 saturated heterocycles. The number of sulfonamides is 1. The first-order valence-corrected chi connectivity index (χ1v) is 9.53. The topological polar surface area (TPSA) is 72.9 Å². The van der Waals surface area contributed by atoms with Gasteiger partial charge >= 0.3 is 0 Å². The number of β-amino-alcohol motifs (C(OH)–C–C–N with tert-alkyl or cyclic N) is 1. The maximum absolute atomic E-state index is 12.5. The molecule has 0 amide bonds. The molecule has 0 bridgehead atoms. The molecule has 0 radical (unpaired) electrons. The van der Waals surface area contributed by atoms with Crippen LogP contribution in [0.1, 0.15) is 33.1 Å². The molecule has 0 aliphatic carbocycles. The fourth-order valence-electron chi connectivity index (χ4n) is 3.14. The Morgan fingerprint density at radius 3 is 2.38 bits per heavy atom. The van der Waals surface area contributed by atoms with Gasteiger partial charge in [-0.25, -0.2) is 8.42 Å². The second kappa shape index (κ2) is 6.91. The van der Waals surface area contributed by atoms with Crippen LogP contribution in [0.5, 0.6) is 0 Å². The molecule has 124 valence electrons. The fraction of sp³-hybridized carbons (Fsp3) is 1.00.